The smallest absolute Gasteiger partial charge is 0.00860 e. The lowest BCUT2D eigenvalue weighted by atomic mass is 10.0. The summed E-state index contributed by atoms with van der Waals surface area (Å²) in [6, 6.07) is 0. The summed E-state index contributed by atoms with van der Waals surface area (Å²) in [5, 5.41) is 0. The molecule has 0 aliphatic carbocycles. The molecule has 0 amide bonds. The Balaban J connectivity index is 2.94. The Bertz CT molecular complexity index is 247. The predicted octanol–water partition coefficient (Wildman–Crippen LogP) is 8.65. The van der Waals surface area contributed by atoms with E-state index in [1.807, 2.05) is 0 Å². The largest absolute Gasteiger partial charge is 0.120 e. The maximum Gasteiger partial charge on any atom is 0.00860 e. The van der Waals surface area contributed by atoms with Crippen LogP contribution in [-0.4, -0.2) is 0 Å². The van der Waals surface area contributed by atoms with Crippen LogP contribution in [0.15, 0.2) is 0 Å². The van der Waals surface area contributed by atoms with Crippen LogP contribution in [0.3, 0.4) is 0 Å². The molecule has 141 valence electrons. The molecule has 0 N–H and O–H groups in total. The molecule has 0 fully saturated rings. The molecular formula is C24H45. The Morgan fingerprint density at radius 1 is 0.417 bits per heavy atom. The van der Waals surface area contributed by atoms with E-state index in [1.165, 1.54) is 122 Å². The van der Waals surface area contributed by atoms with Crippen LogP contribution in [0.2, 0.25) is 0 Å². The SMILES string of the molecule is C#CCCCCCCCCCCCCCCCCCCCCC[CH2]. The third-order valence-corrected chi connectivity index (χ3v) is 5.07. The van der Waals surface area contributed by atoms with Gasteiger partial charge in [-0.25, -0.2) is 0 Å². The van der Waals surface area contributed by atoms with Crippen LogP contribution in [0, 0.1) is 19.3 Å². The number of unbranched alkanes of at least 4 members (excludes halogenated alkanes) is 20. The van der Waals surface area contributed by atoms with E-state index in [4.69, 9.17) is 6.42 Å². The molecule has 0 atom stereocenters. The summed E-state index contributed by atoms with van der Waals surface area (Å²) in [7, 11) is 0. The highest BCUT2D eigenvalue weighted by Gasteiger charge is 1.95. The van der Waals surface area contributed by atoms with Gasteiger partial charge in [-0.15, -0.1) is 12.3 Å². The maximum absolute atomic E-state index is 5.26. The average molecular weight is 334 g/mol. The second-order valence-corrected chi connectivity index (χ2v) is 7.53. The van der Waals surface area contributed by atoms with Gasteiger partial charge in [0.2, 0.25) is 0 Å². The molecule has 0 heteroatoms. The Labute approximate surface area is 154 Å². The zero-order valence-corrected chi connectivity index (χ0v) is 16.6. The average Bonchev–Trinajstić information content (AvgIpc) is 2.60. The topological polar surface area (TPSA) is 0 Å². The molecule has 0 rings (SSSR count). The van der Waals surface area contributed by atoms with Crippen molar-refractivity contribution in [2.45, 2.75) is 135 Å². The van der Waals surface area contributed by atoms with Gasteiger partial charge in [-0.2, -0.15) is 0 Å². The first-order chi connectivity index (χ1) is 11.9. The van der Waals surface area contributed by atoms with E-state index >= 15 is 0 Å². The van der Waals surface area contributed by atoms with Gasteiger partial charge in [0.15, 0.2) is 0 Å². The third kappa shape index (κ3) is 21.6. The second kappa shape index (κ2) is 22.6. The van der Waals surface area contributed by atoms with Crippen molar-refractivity contribution in [1.82, 2.24) is 0 Å². The molecule has 0 nitrogen and oxygen atoms in total. The lowest BCUT2D eigenvalue weighted by Crippen LogP contribution is -1.84. The van der Waals surface area contributed by atoms with Gasteiger partial charge in [-0.3, -0.25) is 0 Å². The van der Waals surface area contributed by atoms with Gasteiger partial charge in [-0.1, -0.05) is 129 Å². The third-order valence-electron chi connectivity index (χ3n) is 5.07. The Morgan fingerprint density at radius 3 is 0.917 bits per heavy atom. The van der Waals surface area contributed by atoms with Crippen molar-refractivity contribution >= 4 is 0 Å². The van der Waals surface area contributed by atoms with Crippen molar-refractivity contribution in [3.63, 3.8) is 0 Å². The Hall–Kier alpha value is -0.440. The first-order valence-corrected chi connectivity index (χ1v) is 11.1. The van der Waals surface area contributed by atoms with Gasteiger partial charge < -0.3 is 0 Å². The van der Waals surface area contributed by atoms with E-state index in [0.717, 1.165) is 12.8 Å². The van der Waals surface area contributed by atoms with Gasteiger partial charge in [0, 0.05) is 6.42 Å². The molecular weight excluding hydrogens is 288 g/mol. The standard InChI is InChI=1S/C24H45/c1-3-5-7-9-11-13-15-17-19-21-23-24-22-20-18-16-14-12-10-8-6-4-2/h1H,2,4-24H2. The van der Waals surface area contributed by atoms with Crippen molar-refractivity contribution in [2.24, 2.45) is 0 Å². The Kier molecular flexibility index (Phi) is 22.1. The van der Waals surface area contributed by atoms with Crippen LogP contribution >= 0.6 is 0 Å². The molecule has 0 spiro atoms. The van der Waals surface area contributed by atoms with Gasteiger partial charge in [0.25, 0.3) is 0 Å². The summed E-state index contributed by atoms with van der Waals surface area (Å²) in [6.07, 6.45) is 34.4. The number of rotatable bonds is 20. The van der Waals surface area contributed by atoms with Crippen molar-refractivity contribution in [3.05, 3.63) is 6.92 Å². The van der Waals surface area contributed by atoms with Crippen LogP contribution in [0.1, 0.15) is 135 Å². The van der Waals surface area contributed by atoms with Crippen molar-refractivity contribution in [1.29, 1.82) is 0 Å². The second-order valence-electron chi connectivity index (χ2n) is 7.53. The van der Waals surface area contributed by atoms with Crippen molar-refractivity contribution in [3.8, 4) is 12.3 Å². The van der Waals surface area contributed by atoms with Gasteiger partial charge >= 0.3 is 0 Å². The molecule has 0 saturated heterocycles. The fraction of sp³-hybridized carbons (Fsp3) is 0.875. The molecule has 0 aromatic heterocycles. The fourth-order valence-corrected chi connectivity index (χ4v) is 3.41. The number of hydrogen-bond acceptors (Lipinski definition) is 0. The minimum Gasteiger partial charge on any atom is -0.120 e. The van der Waals surface area contributed by atoms with Crippen molar-refractivity contribution in [2.75, 3.05) is 0 Å². The monoisotopic (exact) mass is 333 g/mol. The highest BCUT2D eigenvalue weighted by atomic mass is 14.0. The lowest BCUT2D eigenvalue weighted by Gasteiger charge is -2.04. The van der Waals surface area contributed by atoms with Crippen LogP contribution in [0.25, 0.3) is 0 Å². The quantitative estimate of drug-likeness (QED) is 0.154. The predicted molar refractivity (Wildman–Crippen MR) is 111 cm³/mol. The summed E-state index contributed by atoms with van der Waals surface area (Å²) >= 11 is 0. The Morgan fingerprint density at radius 2 is 0.667 bits per heavy atom. The minimum absolute atomic E-state index is 0.969. The van der Waals surface area contributed by atoms with Crippen LogP contribution in [-0.2, 0) is 0 Å². The maximum atomic E-state index is 5.26. The molecule has 0 bridgehead atoms. The number of terminal acetylenes is 1. The van der Waals surface area contributed by atoms with E-state index in [9.17, 15) is 0 Å². The van der Waals surface area contributed by atoms with Gasteiger partial charge in [0.05, 0.1) is 0 Å². The highest BCUT2D eigenvalue weighted by molar-refractivity contribution is 4.82. The van der Waals surface area contributed by atoms with Crippen LogP contribution in [0.5, 0.6) is 0 Å². The molecule has 0 saturated carbocycles. The summed E-state index contributed by atoms with van der Waals surface area (Å²) in [5.41, 5.74) is 0. The highest BCUT2D eigenvalue weighted by Crippen LogP contribution is 2.14. The minimum atomic E-state index is 0.969. The molecule has 0 aromatic rings. The zero-order chi connectivity index (χ0) is 17.6. The summed E-state index contributed by atoms with van der Waals surface area (Å²) < 4.78 is 0. The summed E-state index contributed by atoms with van der Waals surface area (Å²) in [5.74, 6) is 2.72. The molecule has 0 aliphatic heterocycles. The summed E-state index contributed by atoms with van der Waals surface area (Å²) in [6.45, 7) is 3.90. The molecule has 0 unspecified atom stereocenters. The van der Waals surface area contributed by atoms with Gasteiger partial charge in [-0.05, 0) is 6.42 Å². The van der Waals surface area contributed by atoms with E-state index < -0.39 is 0 Å². The molecule has 24 heavy (non-hydrogen) atoms. The van der Waals surface area contributed by atoms with Crippen molar-refractivity contribution < 1.29 is 0 Å². The first-order valence-electron chi connectivity index (χ1n) is 11.1. The summed E-state index contributed by atoms with van der Waals surface area (Å²) in [4.78, 5) is 0. The normalized spacial score (nSPS) is 10.8. The molecule has 0 heterocycles. The molecule has 0 aromatic carbocycles. The molecule has 1 radical (unpaired) electrons. The zero-order valence-electron chi connectivity index (χ0n) is 16.6. The van der Waals surface area contributed by atoms with E-state index in [1.54, 1.807) is 0 Å². The lowest BCUT2D eigenvalue weighted by molar-refractivity contribution is 0.523. The van der Waals surface area contributed by atoms with Gasteiger partial charge in [0.1, 0.15) is 0 Å². The van der Waals surface area contributed by atoms with E-state index in [-0.39, 0.29) is 0 Å². The van der Waals surface area contributed by atoms with E-state index in [2.05, 4.69) is 12.8 Å². The molecule has 0 aliphatic rings. The fourth-order valence-electron chi connectivity index (χ4n) is 3.41. The van der Waals surface area contributed by atoms with Crippen LogP contribution in [0.4, 0.5) is 0 Å². The van der Waals surface area contributed by atoms with Crippen LogP contribution < -0.4 is 0 Å². The van der Waals surface area contributed by atoms with E-state index in [0.29, 0.717) is 0 Å². The first kappa shape index (κ1) is 23.6. The number of hydrogen-bond donors (Lipinski definition) is 0.